The second-order valence-electron chi connectivity index (χ2n) is 5.87. The number of carbonyl (C=O) groups is 1. The van der Waals surface area contributed by atoms with E-state index in [9.17, 15) is 4.79 Å². The van der Waals surface area contributed by atoms with Crippen LogP contribution in [-0.2, 0) is 17.6 Å². The number of likely N-dealkylation sites (N-methyl/N-ethyl adjacent to an activating group) is 1. The number of fused-ring (bicyclic) bond motifs is 1. The molecule has 126 valence electrons. The Bertz CT molecular complexity index is 455. The highest BCUT2D eigenvalue weighted by Gasteiger charge is 2.39. The number of nitrogens with zero attached hydrogens (tertiary/aromatic N) is 1. The predicted molar refractivity (Wildman–Crippen MR) is 96.3 cm³/mol. The average molecular weight is 348 g/mol. The normalized spacial score (nSPS) is 14.7. The van der Waals surface area contributed by atoms with E-state index in [0.29, 0.717) is 13.0 Å². The number of carbonyl (C=O) groups excluding carboxylic acids is 1. The highest BCUT2D eigenvalue weighted by molar-refractivity contribution is 5.85. The number of amides is 1. The van der Waals surface area contributed by atoms with Crippen molar-refractivity contribution in [2.75, 3.05) is 34.2 Å². The summed E-state index contributed by atoms with van der Waals surface area (Å²) in [7, 11) is 6.07. The maximum absolute atomic E-state index is 11.8. The van der Waals surface area contributed by atoms with E-state index < -0.39 is 0 Å². The lowest BCUT2D eigenvalue weighted by molar-refractivity contribution is -0.121. The second kappa shape index (κ2) is 9.36. The molecule has 0 atom stereocenters. The number of benzene rings is 1. The molecule has 0 spiro atoms. The molecule has 0 unspecified atom stereocenters. The number of halogens is 2. The molecule has 0 radical (unpaired) electrons. The molecular formula is C16H27Cl2N3O. The van der Waals surface area contributed by atoms with Crippen LogP contribution in [-0.4, -0.2) is 50.6 Å². The largest absolute Gasteiger partial charge is 0.354 e. The van der Waals surface area contributed by atoms with Gasteiger partial charge in [-0.05, 0) is 45.1 Å². The number of nitrogens with one attached hydrogen (secondary N) is 2. The van der Waals surface area contributed by atoms with Crippen LogP contribution in [0.4, 0.5) is 0 Å². The molecule has 0 saturated heterocycles. The van der Waals surface area contributed by atoms with Crippen molar-refractivity contribution in [1.82, 2.24) is 15.5 Å². The summed E-state index contributed by atoms with van der Waals surface area (Å²) >= 11 is 0. The molecule has 1 amide bonds. The Hall–Kier alpha value is -0.810. The second-order valence-corrected chi connectivity index (χ2v) is 5.87. The van der Waals surface area contributed by atoms with Gasteiger partial charge in [-0.1, -0.05) is 24.3 Å². The van der Waals surface area contributed by atoms with Crippen molar-refractivity contribution in [2.45, 2.75) is 24.8 Å². The zero-order valence-electron chi connectivity index (χ0n) is 13.5. The number of rotatable bonds is 6. The van der Waals surface area contributed by atoms with E-state index in [1.54, 1.807) is 0 Å². The van der Waals surface area contributed by atoms with Gasteiger partial charge in [-0.2, -0.15) is 0 Å². The van der Waals surface area contributed by atoms with E-state index in [1.165, 1.54) is 11.1 Å². The third-order valence-corrected chi connectivity index (χ3v) is 4.32. The van der Waals surface area contributed by atoms with Crippen molar-refractivity contribution in [2.24, 2.45) is 0 Å². The first-order valence-corrected chi connectivity index (χ1v) is 7.23. The Morgan fingerprint density at radius 1 is 1.18 bits per heavy atom. The third kappa shape index (κ3) is 4.85. The van der Waals surface area contributed by atoms with Crippen molar-refractivity contribution < 1.29 is 4.79 Å². The average Bonchev–Trinajstić information content (AvgIpc) is 2.82. The zero-order chi connectivity index (χ0) is 14.6. The van der Waals surface area contributed by atoms with Gasteiger partial charge in [-0.3, -0.25) is 4.79 Å². The molecule has 1 aliphatic carbocycles. The maximum atomic E-state index is 11.8. The van der Waals surface area contributed by atoms with Crippen LogP contribution in [0.5, 0.6) is 0 Å². The number of hydrogen-bond donors (Lipinski definition) is 2. The fraction of sp³-hybridized carbons (Fsp3) is 0.562. The maximum Gasteiger partial charge on any atom is 0.221 e. The van der Waals surface area contributed by atoms with Gasteiger partial charge in [0.15, 0.2) is 0 Å². The van der Waals surface area contributed by atoms with Gasteiger partial charge in [-0.15, -0.1) is 24.8 Å². The summed E-state index contributed by atoms with van der Waals surface area (Å²) in [5.74, 6) is 0.122. The van der Waals surface area contributed by atoms with Crippen LogP contribution >= 0.6 is 24.8 Å². The minimum absolute atomic E-state index is 0. The van der Waals surface area contributed by atoms with Crippen LogP contribution in [0.1, 0.15) is 17.5 Å². The van der Waals surface area contributed by atoms with E-state index >= 15 is 0 Å². The van der Waals surface area contributed by atoms with Crippen LogP contribution in [0, 0.1) is 0 Å². The van der Waals surface area contributed by atoms with E-state index in [1.807, 2.05) is 7.05 Å². The summed E-state index contributed by atoms with van der Waals surface area (Å²) in [5, 5.41) is 6.10. The SMILES string of the molecule is CNCCC(=O)NCC1(N(C)C)Cc2ccccc2C1.Cl.Cl. The molecule has 1 aromatic carbocycles. The summed E-state index contributed by atoms with van der Waals surface area (Å²) in [6.07, 6.45) is 2.54. The minimum atomic E-state index is 0. The van der Waals surface area contributed by atoms with Gasteiger partial charge < -0.3 is 15.5 Å². The third-order valence-electron chi connectivity index (χ3n) is 4.32. The molecule has 0 saturated carbocycles. The van der Waals surface area contributed by atoms with E-state index in [4.69, 9.17) is 0 Å². The van der Waals surface area contributed by atoms with E-state index in [2.05, 4.69) is 53.9 Å². The molecule has 0 aromatic heterocycles. The van der Waals surface area contributed by atoms with Crippen molar-refractivity contribution in [3.8, 4) is 0 Å². The van der Waals surface area contributed by atoms with Crippen LogP contribution < -0.4 is 10.6 Å². The summed E-state index contributed by atoms with van der Waals surface area (Å²) < 4.78 is 0. The van der Waals surface area contributed by atoms with Gasteiger partial charge in [0.2, 0.25) is 5.91 Å². The Labute approximate surface area is 145 Å². The smallest absolute Gasteiger partial charge is 0.221 e. The Morgan fingerprint density at radius 3 is 2.18 bits per heavy atom. The van der Waals surface area contributed by atoms with Crippen molar-refractivity contribution in [1.29, 1.82) is 0 Å². The van der Waals surface area contributed by atoms with Gasteiger partial charge in [0.25, 0.3) is 0 Å². The van der Waals surface area contributed by atoms with Crippen molar-refractivity contribution >= 4 is 30.7 Å². The van der Waals surface area contributed by atoms with Gasteiger partial charge >= 0.3 is 0 Å². The van der Waals surface area contributed by atoms with Crippen LogP contribution in [0.2, 0.25) is 0 Å². The van der Waals surface area contributed by atoms with Crippen LogP contribution in [0.3, 0.4) is 0 Å². The quantitative estimate of drug-likeness (QED) is 0.822. The molecule has 2 N–H and O–H groups in total. The molecule has 4 nitrogen and oxygen atoms in total. The van der Waals surface area contributed by atoms with Crippen LogP contribution in [0.25, 0.3) is 0 Å². The highest BCUT2D eigenvalue weighted by atomic mass is 35.5. The first-order valence-electron chi connectivity index (χ1n) is 7.23. The fourth-order valence-corrected chi connectivity index (χ4v) is 2.86. The molecule has 1 aromatic rings. The molecule has 0 aliphatic heterocycles. The lowest BCUT2D eigenvalue weighted by Gasteiger charge is -2.36. The number of hydrogen-bond acceptors (Lipinski definition) is 3. The van der Waals surface area contributed by atoms with Crippen LogP contribution in [0.15, 0.2) is 24.3 Å². The molecule has 2 rings (SSSR count). The monoisotopic (exact) mass is 347 g/mol. The predicted octanol–water partition coefficient (Wildman–Crippen LogP) is 1.65. The molecule has 6 heteroatoms. The first-order chi connectivity index (χ1) is 9.57. The molecule has 0 fully saturated rings. The molecule has 0 heterocycles. The Balaban J connectivity index is 0.00000220. The first kappa shape index (κ1) is 21.2. The summed E-state index contributed by atoms with van der Waals surface area (Å²) in [5.41, 5.74) is 2.83. The molecule has 1 aliphatic rings. The Kier molecular flexibility index (Phi) is 9.01. The lowest BCUT2D eigenvalue weighted by atomic mass is 9.94. The van der Waals surface area contributed by atoms with Crippen molar-refractivity contribution in [3.05, 3.63) is 35.4 Å². The highest BCUT2D eigenvalue weighted by Crippen LogP contribution is 2.32. The summed E-state index contributed by atoms with van der Waals surface area (Å²) in [4.78, 5) is 14.1. The molecule has 22 heavy (non-hydrogen) atoms. The Morgan fingerprint density at radius 2 is 1.73 bits per heavy atom. The van der Waals surface area contributed by atoms with E-state index in [0.717, 1.165) is 19.4 Å². The van der Waals surface area contributed by atoms with Crippen molar-refractivity contribution in [3.63, 3.8) is 0 Å². The summed E-state index contributed by atoms with van der Waals surface area (Å²) in [6.45, 7) is 1.43. The topological polar surface area (TPSA) is 44.4 Å². The van der Waals surface area contributed by atoms with Gasteiger partial charge in [0.05, 0.1) is 0 Å². The van der Waals surface area contributed by atoms with Gasteiger partial charge in [-0.25, -0.2) is 0 Å². The van der Waals surface area contributed by atoms with Gasteiger partial charge in [0.1, 0.15) is 0 Å². The molecular weight excluding hydrogens is 321 g/mol. The molecule has 0 bridgehead atoms. The fourth-order valence-electron chi connectivity index (χ4n) is 2.86. The standard InChI is InChI=1S/C16H25N3O.2ClH/c1-17-9-8-15(20)18-12-16(19(2)3)10-13-6-4-5-7-14(13)11-16;;/h4-7,17H,8-12H2,1-3H3,(H,18,20);2*1H. The zero-order valence-corrected chi connectivity index (χ0v) is 15.1. The van der Waals surface area contributed by atoms with E-state index in [-0.39, 0.29) is 36.3 Å². The lowest BCUT2D eigenvalue weighted by Crippen LogP contribution is -2.53. The van der Waals surface area contributed by atoms with Gasteiger partial charge in [0, 0.05) is 25.0 Å². The summed E-state index contributed by atoms with van der Waals surface area (Å²) in [6, 6.07) is 8.58. The minimum Gasteiger partial charge on any atom is -0.354 e.